The van der Waals surface area contributed by atoms with Crippen LogP contribution in [0.5, 0.6) is 0 Å². The molecule has 2 aromatic rings. The summed E-state index contributed by atoms with van der Waals surface area (Å²) >= 11 is 0. The molecule has 1 aromatic carbocycles. The number of hydrogen-bond acceptors (Lipinski definition) is 11. The molecule has 2 saturated carbocycles. The van der Waals surface area contributed by atoms with Crippen LogP contribution in [-0.2, 0) is 34.6 Å². The number of primary amides is 1. The zero-order valence-corrected chi connectivity index (χ0v) is 33.6. The molecule has 2 aliphatic carbocycles. The van der Waals surface area contributed by atoms with Gasteiger partial charge in [-0.15, -0.1) is 5.10 Å². The molecule has 0 bridgehead atoms. The molecule has 3 fully saturated rings. The van der Waals surface area contributed by atoms with Crippen LogP contribution >= 0.6 is 0 Å². The molecular formula is C38H55N9O9S. The number of carbonyl (C=O) groups is 6. The van der Waals surface area contributed by atoms with E-state index >= 15 is 0 Å². The van der Waals surface area contributed by atoms with Gasteiger partial charge in [0.2, 0.25) is 17.6 Å². The Kier molecular flexibility index (Phi) is 14.1. The molecule has 6 amide bonds. The molecule has 1 saturated heterocycles. The highest BCUT2D eigenvalue weighted by Gasteiger charge is 2.45. The first kappa shape index (κ1) is 43.2. The number of ketones is 1. The number of rotatable bonds is 18. The van der Waals surface area contributed by atoms with Gasteiger partial charge >= 0.3 is 6.03 Å². The van der Waals surface area contributed by atoms with Crippen LogP contribution < -0.4 is 27.0 Å². The quantitative estimate of drug-likeness (QED) is 0.0913. The van der Waals surface area contributed by atoms with Gasteiger partial charge in [0.1, 0.15) is 17.7 Å². The Morgan fingerprint density at radius 1 is 0.965 bits per heavy atom. The predicted molar refractivity (Wildman–Crippen MR) is 206 cm³/mol. The van der Waals surface area contributed by atoms with Crippen LogP contribution in [0, 0.1) is 5.92 Å². The number of amides is 6. The maximum atomic E-state index is 14.8. The summed E-state index contributed by atoms with van der Waals surface area (Å²) in [5, 5.41) is 30.1. The minimum Gasteiger partial charge on any atom is -0.384 e. The highest BCUT2D eigenvalue weighted by molar-refractivity contribution is 7.90. The van der Waals surface area contributed by atoms with E-state index in [9.17, 15) is 42.3 Å². The lowest BCUT2D eigenvalue weighted by atomic mass is 9.84. The fourth-order valence-electron chi connectivity index (χ4n) is 7.56. The molecule has 1 aliphatic heterocycles. The van der Waals surface area contributed by atoms with Crippen LogP contribution in [0.25, 0.3) is 0 Å². The first-order valence-electron chi connectivity index (χ1n) is 19.6. The highest BCUT2D eigenvalue weighted by Crippen LogP contribution is 2.33. The third-order valence-electron chi connectivity index (χ3n) is 10.8. The summed E-state index contributed by atoms with van der Waals surface area (Å²) in [4.78, 5) is 81.1. The van der Waals surface area contributed by atoms with E-state index in [1.54, 1.807) is 13.8 Å². The Bertz CT molecular complexity index is 1900. The number of nitrogens with one attached hydrogen (secondary N) is 4. The molecule has 4 atom stereocenters. The van der Waals surface area contributed by atoms with Gasteiger partial charge in [-0.05, 0) is 82.6 Å². The van der Waals surface area contributed by atoms with Gasteiger partial charge in [0.15, 0.2) is 9.84 Å². The zero-order valence-electron chi connectivity index (χ0n) is 32.7. The number of benzene rings is 1. The van der Waals surface area contributed by atoms with Crippen LogP contribution in [-0.4, -0.2) is 112 Å². The number of nitrogens with zero attached hydrogens (tertiary/aromatic N) is 4. The first-order valence-corrected chi connectivity index (χ1v) is 21.5. The SMILES string of the molecule is CC(C)(O)c1cnnn1[C@H]1C[C@@H](C(=O)NC(CCCCNC(=O)NC2CC2)C(=O)C(N)=O)N(C(=O)C(CC2CCCCC2)NC(=O)c2ccc(S(C)(=O)=O)cc2)C1. The van der Waals surface area contributed by atoms with Crippen LogP contribution in [0.2, 0.25) is 0 Å². The molecule has 0 radical (unpaired) electrons. The lowest BCUT2D eigenvalue weighted by Gasteiger charge is -2.32. The number of urea groups is 1. The third-order valence-corrected chi connectivity index (χ3v) is 12.0. The minimum atomic E-state index is -3.52. The third kappa shape index (κ3) is 11.8. The minimum absolute atomic E-state index is 0.00142. The van der Waals surface area contributed by atoms with Crippen molar-refractivity contribution in [2.45, 2.75) is 132 Å². The van der Waals surface area contributed by atoms with E-state index < -0.39 is 69.0 Å². The monoisotopic (exact) mass is 813 g/mol. The number of likely N-dealkylation sites (tertiary alicyclic amines) is 1. The molecule has 5 rings (SSSR count). The zero-order chi connectivity index (χ0) is 41.5. The number of hydrogen-bond donors (Lipinski definition) is 6. The van der Waals surface area contributed by atoms with Crippen molar-refractivity contribution in [1.29, 1.82) is 0 Å². The molecule has 2 unspecified atom stereocenters. The van der Waals surface area contributed by atoms with E-state index in [0.29, 0.717) is 25.1 Å². The van der Waals surface area contributed by atoms with E-state index in [1.807, 2.05) is 0 Å². The summed E-state index contributed by atoms with van der Waals surface area (Å²) in [6.45, 7) is 3.34. The molecule has 3 aliphatic rings. The molecule has 19 heteroatoms. The topological polar surface area (TPSA) is 265 Å². The maximum absolute atomic E-state index is 14.8. The van der Waals surface area contributed by atoms with Gasteiger partial charge in [-0.3, -0.25) is 24.0 Å². The number of sulfone groups is 1. The van der Waals surface area contributed by atoms with Crippen molar-refractivity contribution in [3.8, 4) is 0 Å². The Morgan fingerprint density at radius 3 is 2.26 bits per heavy atom. The van der Waals surface area contributed by atoms with E-state index in [2.05, 4.69) is 31.6 Å². The Hall–Kier alpha value is -4.91. The summed E-state index contributed by atoms with van der Waals surface area (Å²) in [5.74, 6) is -4.03. The summed E-state index contributed by atoms with van der Waals surface area (Å²) in [5.41, 5.74) is 4.48. The van der Waals surface area contributed by atoms with Crippen molar-refractivity contribution in [1.82, 2.24) is 41.2 Å². The molecule has 1 aromatic heterocycles. The molecule has 0 spiro atoms. The second-order valence-corrected chi connectivity index (χ2v) is 18.1. The number of nitrogens with two attached hydrogens (primary N) is 1. The Morgan fingerprint density at radius 2 is 1.65 bits per heavy atom. The largest absolute Gasteiger partial charge is 0.384 e. The van der Waals surface area contributed by atoms with Crippen LogP contribution in [0.3, 0.4) is 0 Å². The average molecular weight is 814 g/mol. The molecule has 312 valence electrons. The van der Waals surface area contributed by atoms with Gasteiger partial charge in [-0.2, -0.15) is 0 Å². The second-order valence-electron chi connectivity index (χ2n) is 16.0. The fraction of sp³-hybridized carbons (Fsp3) is 0.632. The molecule has 57 heavy (non-hydrogen) atoms. The maximum Gasteiger partial charge on any atom is 0.315 e. The standard InChI is InChI=1S/C38H55N9O9S/c1-38(2,54)31-21-41-45-47(31)26-20-30(35(51)43-28(32(48)33(39)49)11-7-8-18-40-37(53)42-25-14-15-25)46(22-26)36(52)29(19-23-9-5-4-6-10-23)44-34(50)24-12-16-27(17-13-24)57(3,55)56/h12-13,16-17,21,23,25-26,28-30,54H,4-11,14-15,18-20,22H2,1-3H3,(H2,39,49)(H,43,51)(H,44,50)(H2,40,42,53)/t26-,28?,29?,30-/m0/s1. The van der Waals surface area contributed by atoms with Gasteiger partial charge in [-0.25, -0.2) is 17.9 Å². The predicted octanol–water partition coefficient (Wildman–Crippen LogP) is 0.991. The van der Waals surface area contributed by atoms with Crippen molar-refractivity contribution in [2.75, 3.05) is 19.3 Å². The van der Waals surface area contributed by atoms with Crippen LogP contribution in [0.1, 0.15) is 113 Å². The molecule has 2 heterocycles. The van der Waals surface area contributed by atoms with Crippen molar-refractivity contribution < 1.29 is 42.3 Å². The molecule has 7 N–H and O–H groups in total. The first-order chi connectivity index (χ1) is 26.9. The van der Waals surface area contributed by atoms with Crippen LogP contribution in [0.15, 0.2) is 35.4 Å². The van der Waals surface area contributed by atoms with Gasteiger partial charge in [0, 0.05) is 37.4 Å². The second kappa shape index (κ2) is 18.6. The van der Waals surface area contributed by atoms with Gasteiger partial charge < -0.3 is 37.0 Å². The van der Waals surface area contributed by atoms with Crippen molar-refractivity contribution in [3.63, 3.8) is 0 Å². The van der Waals surface area contributed by atoms with E-state index in [-0.39, 0.29) is 54.3 Å². The normalized spacial score (nSPS) is 20.0. The average Bonchev–Trinajstić information content (AvgIpc) is 3.61. The van der Waals surface area contributed by atoms with Gasteiger partial charge in [-0.1, -0.05) is 37.3 Å². The van der Waals surface area contributed by atoms with E-state index in [1.165, 1.54) is 40.0 Å². The van der Waals surface area contributed by atoms with Gasteiger partial charge in [0.25, 0.3) is 11.8 Å². The number of aromatic nitrogens is 3. The van der Waals surface area contributed by atoms with E-state index in [0.717, 1.165) is 51.2 Å². The molecular weight excluding hydrogens is 759 g/mol. The highest BCUT2D eigenvalue weighted by atomic mass is 32.2. The summed E-state index contributed by atoms with van der Waals surface area (Å²) in [7, 11) is -3.52. The van der Waals surface area contributed by atoms with Crippen molar-refractivity contribution in [2.24, 2.45) is 11.7 Å². The summed E-state index contributed by atoms with van der Waals surface area (Å²) < 4.78 is 25.5. The number of Topliss-reactive ketones (excluding diaryl/α,β-unsaturated/α-hetero) is 1. The number of carbonyl (C=O) groups excluding carboxylic acids is 6. The Balaban J connectivity index is 1.38. The lowest BCUT2D eigenvalue weighted by Crippen LogP contribution is -2.56. The molecule has 18 nitrogen and oxygen atoms in total. The van der Waals surface area contributed by atoms with Crippen molar-refractivity contribution >= 4 is 45.3 Å². The number of unbranched alkanes of at least 4 members (excludes halogenated alkanes) is 1. The Labute approximate surface area is 332 Å². The van der Waals surface area contributed by atoms with E-state index in [4.69, 9.17) is 5.73 Å². The van der Waals surface area contributed by atoms with Crippen LogP contribution in [0.4, 0.5) is 4.79 Å². The summed E-state index contributed by atoms with van der Waals surface area (Å²) in [6.07, 6.45) is 10.1. The smallest absolute Gasteiger partial charge is 0.315 e. The number of aliphatic hydroxyl groups is 1. The van der Waals surface area contributed by atoms with Crippen molar-refractivity contribution in [3.05, 3.63) is 41.7 Å². The van der Waals surface area contributed by atoms with Gasteiger partial charge in [0.05, 0.1) is 28.9 Å². The fourth-order valence-corrected chi connectivity index (χ4v) is 8.19. The lowest BCUT2D eigenvalue weighted by molar-refractivity contribution is -0.142. The summed E-state index contributed by atoms with van der Waals surface area (Å²) in [6, 6.07) is 1.03.